The zero-order chi connectivity index (χ0) is 19.8. The molecule has 0 saturated carbocycles. The van der Waals surface area contributed by atoms with E-state index >= 15 is 0 Å². The van der Waals surface area contributed by atoms with E-state index in [0.717, 1.165) is 22.6 Å². The number of carbonyl (C=O) groups is 1. The molecule has 5 heteroatoms. The number of benzene rings is 2. The van der Waals surface area contributed by atoms with E-state index in [0.29, 0.717) is 24.9 Å². The Hall–Kier alpha value is -3.00. The van der Waals surface area contributed by atoms with Crippen LogP contribution in [0.4, 0.5) is 0 Å². The van der Waals surface area contributed by atoms with E-state index in [1.165, 1.54) is 0 Å². The van der Waals surface area contributed by atoms with Crippen LogP contribution in [-0.4, -0.2) is 31.6 Å². The van der Waals surface area contributed by atoms with Crippen molar-refractivity contribution in [3.63, 3.8) is 0 Å². The molecule has 0 saturated heterocycles. The van der Waals surface area contributed by atoms with E-state index in [-0.39, 0.29) is 11.9 Å². The number of hydrogen-bond acceptors (Lipinski definition) is 4. The number of nitriles is 1. The SMILES string of the molecule is CCN(C(=O)CCc1cc(OC)ccc1OC)C(C)c1ccc(C#N)cc1. The lowest BCUT2D eigenvalue weighted by molar-refractivity contribution is -0.133. The van der Waals surface area contributed by atoms with Gasteiger partial charge in [-0.3, -0.25) is 4.79 Å². The summed E-state index contributed by atoms with van der Waals surface area (Å²) in [4.78, 5) is 14.7. The lowest BCUT2D eigenvalue weighted by atomic mass is 10.0. The smallest absolute Gasteiger partial charge is 0.223 e. The standard InChI is InChI=1S/C22H26N2O3/c1-5-24(16(2)18-8-6-17(15-23)7-9-18)22(25)13-10-19-14-20(26-3)11-12-21(19)27-4/h6-9,11-12,14,16H,5,10,13H2,1-4H3. The summed E-state index contributed by atoms with van der Waals surface area (Å²) >= 11 is 0. The van der Waals surface area contributed by atoms with Crippen molar-refractivity contribution in [3.8, 4) is 17.6 Å². The molecule has 0 aliphatic rings. The summed E-state index contributed by atoms with van der Waals surface area (Å²) in [5, 5.41) is 8.94. The van der Waals surface area contributed by atoms with E-state index < -0.39 is 0 Å². The fraction of sp³-hybridized carbons (Fsp3) is 0.364. The minimum Gasteiger partial charge on any atom is -0.497 e. The fourth-order valence-electron chi connectivity index (χ4n) is 3.14. The van der Waals surface area contributed by atoms with Gasteiger partial charge in [-0.1, -0.05) is 12.1 Å². The Morgan fingerprint density at radius 2 is 1.85 bits per heavy atom. The van der Waals surface area contributed by atoms with Crippen molar-refractivity contribution in [1.82, 2.24) is 4.90 Å². The Kier molecular flexibility index (Phi) is 7.25. The number of carbonyl (C=O) groups excluding carboxylic acids is 1. The molecule has 2 rings (SSSR count). The van der Waals surface area contributed by atoms with Gasteiger partial charge in [-0.25, -0.2) is 0 Å². The maximum Gasteiger partial charge on any atom is 0.223 e. The molecule has 0 fully saturated rings. The highest BCUT2D eigenvalue weighted by atomic mass is 16.5. The van der Waals surface area contributed by atoms with Gasteiger partial charge in [0.2, 0.25) is 5.91 Å². The van der Waals surface area contributed by atoms with E-state index in [4.69, 9.17) is 14.7 Å². The topological polar surface area (TPSA) is 62.6 Å². The van der Waals surface area contributed by atoms with Crippen molar-refractivity contribution in [2.45, 2.75) is 32.7 Å². The first-order valence-electron chi connectivity index (χ1n) is 9.04. The number of aryl methyl sites for hydroxylation is 1. The lowest BCUT2D eigenvalue weighted by Crippen LogP contribution is -2.33. The van der Waals surface area contributed by atoms with Crippen LogP contribution in [-0.2, 0) is 11.2 Å². The Morgan fingerprint density at radius 3 is 2.41 bits per heavy atom. The quantitative estimate of drug-likeness (QED) is 0.705. The molecule has 1 unspecified atom stereocenters. The third kappa shape index (κ3) is 5.01. The molecule has 27 heavy (non-hydrogen) atoms. The molecule has 0 heterocycles. The van der Waals surface area contributed by atoms with E-state index in [9.17, 15) is 4.79 Å². The Labute approximate surface area is 161 Å². The number of methoxy groups -OCH3 is 2. The first-order valence-corrected chi connectivity index (χ1v) is 9.04. The molecule has 2 aromatic carbocycles. The predicted octanol–water partition coefficient (Wildman–Crippen LogP) is 4.12. The fourth-order valence-corrected chi connectivity index (χ4v) is 3.14. The molecule has 1 amide bonds. The largest absolute Gasteiger partial charge is 0.497 e. The average Bonchev–Trinajstić information content (AvgIpc) is 2.72. The molecule has 2 aromatic rings. The molecule has 5 nitrogen and oxygen atoms in total. The second-order valence-corrected chi connectivity index (χ2v) is 6.27. The molecular weight excluding hydrogens is 340 g/mol. The molecule has 1 atom stereocenters. The van der Waals surface area contributed by atoms with Gasteiger partial charge in [0.05, 0.1) is 31.9 Å². The number of ether oxygens (including phenoxy) is 2. The van der Waals surface area contributed by atoms with E-state index in [2.05, 4.69) is 6.07 Å². The average molecular weight is 366 g/mol. The first-order chi connectivity index (χ1) is 13.0. The zero-order valence-electron chi connectivity index (χ0n) is 16.4. The van der Waals surface area contributed by atoms with Gasteiger partial charge in [-0.15, -0.1) is 0 Å². The molecule has 0 bridgehead atoms. The van der Waals surface area contributed by atoms with Gasteiger partial charge < -0.3 is 14.4 Å². The van der Waals surface area contributed by atoms with E-state index in [1.54, 1.807) is 26.4 Å². The van der Waals surface area contributed by atoms with Crippen molar-refractivity contribution < 1.29 is 14.3 Å². The van der Waals surface area contributed by atoms with Gasteiger partial charge in [0.15, 0.2) is 0 Å². The van der Waals surface area contributed by atoms with Crippen molar-refractivity contribution in [3.05, 3.63) is 59.2 Å². The highest BCUT2D eigenvalue weighted by Crippen LogP contribution is 2.26. The normalized spacial score (nSPS) is 11.4. The number of hydrogen-bond donors (Lipinski definition) is 0. The van der Waals surface area contributed by atoms with Gasteiger partial charge in [-0.05, 0) is 61.7 Å². The molecule has 0 aliphatic carbocycles. The van der Waals surface area contributed by atoms with Gasteiger partial charge in [-0.2, -0.15) is 5.26 Å². The van der Waals surface area contributed by atoms with Crippen molar-refractivity contribution >= 4 is 5.91 Å². The molecule has 0 N–H and O–H groups in total. The van der Waals surface area contributed by atoms with Crippen LogP contribution < -0.4 is 9.47 Å². The maximum absolute atomic E-state index is 12.8. The molecule has 0 radical (unpaired) electrons. The van der Waals surface area contributed by atoms with Gasteiger partial charge in [0, 0.05) is 13.0 Å². The minimum absolute atomic E-state index is 0.0533. The number of amides is 1. The number of rotatable bonds is 8. The maximum atomic E-state index is 12.8. The molecule has 0 spiro atoms. The predicted molar refractivity (Wildman–Crippen MR) is 105 cm³/mol. The summed E-state index contributed by atoms with van der Waals surface area (Å²) < 4.78 is 10.7. The van der Waals surface area contributed by atoms with Crippen LogP contribution >= 0.6 is 0 Å². The van der Waals surface area contributed by atoms with Gasteiger partial charge in [0.1, 0.15) is 11.5 Å². The monoisotopic (exact) mass is 366 g/mol. The summed E-state index contributed by atoms with van der Waals surface area (Å²) in [5.74, 6) is 1.59. The van der Waals surface area contributed by atoms with Crippen LogP contribution in [0, 0.1) is 11.3 Å². The van der Waals surface area contributed by atoms with Crippen LogP contribution in [0.15, 0.2) is 42.5 Å². The molecule has 142 valence electrons. The van der Waals surface area contributed by atoms with E-state index in [1.807, 2.05) is 49.1 Å². The third-order valence-corrected chi connectivity index (χ3v) is 4.75. The second-order valence-electron chi connectivity index (χ2n) is 6.27. The van der Waals surface area contributed by atoms with Crippen LogP contribution in [0.2, 0.25) is 0 Å². The summed E-state index contributed by atoms with van der Waals surface area (Å²) in [6.45, 7) is 4.61. The van der Waals surface area contributed by atoms with Crippen LogP contribution in [0.1, 0.15) is 43.0 Å². The Balaban J connectivity index is 2.09. The summed E-state index contributed by atoms with van der Waals surface area (Å²) in [7, 11) is 3.24. The number of nitrogens with zero attached hydrogens (tertiary/aromatic N) is 2. The van der Waals surface area contributed by atoms with Crippen LogP contribution in [0.5, 0.6) is 11.5 Å². The minimum atomic E-state index is -0.0533. The molecule has 0 aliphatic heterocycles. The third-order valence-electron chi connectivity index (χ3n) is 4.75. The Bertz CT molecular complexity index is 809. The first kappa shape index (κ1) is 20.3. The Morgan fingerprint density at radius 1 is 1.15 bits per heavy atom. The highest BCUT2D eigenvalue weighted by molar-refractivity contribution is 5.77. The van der Waals surface area contributed by atoms with Crippen molar-refractivity contribution in [1.29, 1.82) is 5.26 Å². The molecular formula is C22H26N2O3. The van der Waals surface area contributed by atoms with Crippen molar-refractivity contribution in [2.75, 3.05) is 20.8 Å². The van der Waals surface area contributed by atoms with Crippen LogP contribution in [0.3, 0.4) is 0 Å². The highest BCUT2D eigenvalue weighted by Gasteiger charge is 2.20. The lowest BCUT2D eigenvalue weighted by Gasteiger charge is -2.28. The van der Waals surface area contributed by atoms with Crippen molar-refractivity contribution in [2.24, 2.45) is 0 Å². The second kappa shape index (κ2) is 9.63. The van der Waals surface area contributed by atoms with Gasteiger partial charge in [0.25, 0.3) is 0 Å². The van der Waals surface area contributed by atoms with Gasteiger partial charge >= 0.3 is 0 Å². The summed E-state index contributed by atoms with van der Waals surface area (Å²) in [6, 6.07) is 15.1. The molecule has 0 aromatic heterocycles. The zero-order valence-corrected chi connectivity index (χ0v) is 16.4. The summed E-state index contributed by atoms with van der Waals surface area (Å²) in [6.07, 6.45) is 0.966. The van der Waals surface area contributed by atoms with Crippen LogP contribution in [0.25, 0.3) is 0 Å². The summed E-state index contributed by atoms with van der Waals surface area (Å²) in [5.41, 5.74) is 2.58.